The van der Waals surface area contributed by atoms with E-state index in [1.807, 2.05) is 0 Å². The Hall–Kier alpha value is -3.93. The SMILES string of the molecule is COC(=O)[C@H](Cc1ccccc1F)NC(=O)[C@@H](NC(=O)C[C@@H]1CCC(=O)N1Cc1cccc(F)c1F)[C@@H](C)OC. The lowest BCUT2D eigenvalue weighted by Gasteiger charge is -2.28. The number of rotatable bonds is 12. The van der Waals surface area contributed by atoms with Crippen molar-refractivity contribution < 1.29 is 41.8 Å². The van der Waals surface area contributed by atoms with Crippen LogP contribution in [-0.2, 0) is 41.6 Å². The number of amides is 3. The number of halogens is 3. The van der Waals surface area contributed by atoms with Crippen molar-refractivity contribution in [1.29, 1.82) is 0 Å². The Balaban J connectivity index is 1.70. The molecule has 12 heteroatoms. The summed E-state index contributed by atoms with van der Waals surface area (Å²) in [7, 11) is 2.46. The van der Waals surface area contributed by atoms with Crippen molar-refractivity contribution in [2.24, 2.45) is 0 Å². The third-order valence-electron chi connectivity index (χ3n) is 6.87. The molecule has 1 aliphatic heterocycles. The number of nitrogens with one attached hydrogen (secondary N) is 2. The summed E-state index contributed by atoms with van der Waals surface area (Å²) in [6.45, 7) is 1.32. The predicted octanol–water partition coefficient (Wildman–Crippen LogP) is 2.41. The van der Waals surface area contributed by atoms with E-state index >= 15 is 0 Å². The highest BCUT2D eigenvalue weighted by Gasteiger charge is 2.36. The van der Waals surface area contributed by atoms with Gasteiger partial charge in [0, 0.05) is 44.5 Å². The average Bonchev–Trinajstić information content (AvgIpc) is 3.27. The summed E-state index contributed by atoms with van der Waals surface area (Å²) in [6, 6.07) is 6.33. The van der Waals surface area contributed by atoms with E-state index in [0.29, 0.717) is 6.42 Å². The lowest BCUT2D eigenvalue weighted by molar-refractivity contribution is -0.146. The zero-order valence-electron chi connectivity index (χ0n) is 22.4. The maximum Gasteiger partial charge on any atom is 0.328 e. The number of hydrogen-bond donors (Lipinski definition) is 2. The van der Waals surface area contributed by atoms with Crippen LogP contribution in [-0.4, -0.2) is 67.0 Å². The van der Waals surface area contributed by atoms with Crippen molar-refractivity contribution in [3.8, 4) is 0 Å². The molecule has 0 spiro atoms. The van der Waals surface area contributed by atoms with E-state index < -0.39 is 59.5 Å². The number of benzene rings is 2. The average molecular weight is 564 g/mol. The normalized spacial score (nSPS) is 17.2. The fraction of sp³-hybridized carbons (Fsp3) is 0.429. The Morgan fingerprint density at radius 1 is 1.00 bits per heavy atom. The number of ether oxygens (including phenoxy) is 2. The van der Waals surface area contributed by atoms with Gasteiger partial charge in [-0.05, 0) is 31.0 Å². The van der Waals surface area contributed by atoms with E-state index in [0.717, 1.165) is 13.2 Å². The molecule has 0 saturated carbocycles. The standard InChI is InChI=1S/C28H32F3N3O6/c1-16(39-2)26(27(37)32-22(28(38)40-3)13-17-7-4-5-9-20(17)29)33-23(35)14-19-11-12-24(36)34(19)15-18-8-6-10-21(30)25(18)31/h4-10,16,19,22,26H,11-15H2,1-3H3,(H,32,37)(H,33,35)/t16-,19+,22+,26+/m1/s1. The summed E-state index contributed by atoms with van der Waals surface area (Å²) in [5.74, 6) is -5.15. The smallest absolute Gasteiger partial charge is 0.328 e. The molecule has 40 heavy (non-hydrogen) atoms. The van der Waals surface area contributed by atoms with Gasteiger partial charge in [0.25, 0.3) is 0 Å². The van der Waals surface area contributed by atoms with E-state index in [1.165, 1.54) is 49.3 Å². The molecule has 216 valence electrons. The molecule has 3 rings (SSSR count). The maximum atomic E-state index is 14.2. The van der Waals surface area contributed by atoms with Crippen LogP contribution in [0.25, 0.3) is 0 Å². The molecular weight excluding hydrogens is 531 g/mol. The molecular formula is C28H32F3N3O6. The topological polar surface area (TPSA) is 114 Å². The first-order valence-corrected chi connectivity index (χ1v) is 12.7. The summed E-state index contributed by atoms with van der Waals surface area (Å²) in [5.41, 5.74) is 0.161. The van der Waals surface area contributed by atoms with Gasteiger partial charge in [-0.2, -0.15) is 0 Å². The number of carbonyl (C=O) groups excluding carboxylic acids is 4. The molecule has 0 aliphatic carbocycles. The second kappa shape index (κ2) is 13.9. The number of likely N-dealkylation sites (tertiary alicyclic amines) is 1. The van der Waals surface area contributed by atoms with Gasteiger partial charge in [-0.15, -0.1) is 0 Å². The van der Waals surface area contributed by atoms with Crippen LogP contribution in [0.1, 0.15) is 37.3 Å². The van der Waals surface area contributed by atoms with E-state index in [9.17, 15) is 32.3 Å². The first-order chi connectivity index (χ1) is 19.0. The zero-order chi connectivity index (χ0) is 29.4. The largest absolute Gasteiger partial charge is 0.467 e. The van der Waals surface area contributed by atoms with Crippen molar-refractivity contribution in [3.63, 3.8) is 0 Å². The molecule has 3 amide bonds. The highest BCUT2D eigenvalue weighted by molar-refractivity contribution is 5.91. The van der Waals surface area contributed by atoms with Gasteiger partial charge in [-0.1, -0.05) is 30.3 Å². The summed E-state index contributed by atoms with van der Waals surface area (Å²) >= 11 is 0. The summed E-state index contributed by atoms with van der Waals surface area (Å²) in [5, 5.41) is 5.08. The van der Waals surface area contributed by atoms with Crippen molar-refractivity contribution in [3.05, 3.63) is 71.0 Å². The van der Waals surface area contributed by atoms with Crippen molar-refractivity contribution >= 4 is 23.7 Å². The Morgan fingerprint density at radius 2 is 1.68 bits per heavy atom. The first-order valence-electron chi connectivity index (χ1n) is 12.7. The first kappa shape index (κ1) is 30.6. The van der Waals surface area contributed by atoms with Crippen LogP contribution in [0.15, 0.2) is 42.5 Å². The zero-order valence-corrected chi connectivity index (χ0v) is 22.4. The van der Waals surface area contributed by atoms with E-state index in [2.05, 4.69) is 10.6 Å². The van der Waals surface area contributed by atoms with Crippen molar-refractivity contribution in [2.75, 3.05) is 14.2 Å². The number of nitrogens with zero attached hydrogens (tertiary/aromatic N) is 1. The van der Waals surface area contributed by atoms with Crippen LogP contribution in [0.4, 0.5) is 13.2 Å². The molecule has 2 aromatic rings. The summed E-state index contributed by atoms with van der Waals surface area (Å²) < 4.78 is 52.1. The minimum absolute atomic E-state index is 0.0189. The van der Waals surface area contributed by atoms with Gasteiger partial charge >= 0.3 is 5.97 Å². The lowest BCUT2D eigenvalue weighted by Crippen LogP contribution is -2.57. The molecule has 1 aliphatic rings. The number of carbonyl (C=O) groups is 4. The molecule has 4 atom stereocenters. The third kappa shape index (κ3) is 7.59. The number of methoxy groups -OCH3 is 2. The minimum Gasteiger partial charge on any atom is -0.467 e. The molecule has 1 saturated heterocycles. The minimum atomic E-state index is -1.25. The second-order valence-corrected chi connectivity index (χ2v) is 9.50. The number of hydrogen-bond acceptors (Lipinski definition) is 6. The Morgan fingerprint density at radius 3 is 2.35 bits per heavy atom. The van der Waals surface area contributed by atoms with Crippen LogP contribution in [0.3, 0.4) is 0 Å². The molecule has 1 heterocycles. The van der Waals surface area contributed by atoms with Crippen LogP contribution < -0.4 is 10.6 Å². The predicted molar refractivity (Wildman–Crippen MR) is 137 cm³/mol. The fourth-order valence-electron chi connectivity index (χ4n) is 4.54. The lowest BCUT2D eigenvalue weighted by atomic mass is 10.0. The van der Waals surface area contributed by atoms with Gasteiger partial charge in [0.15, 0.2) is 11.6 Å². The Bertz CT molecular complexity index is 1240. The quantitative estimate of drug-likeness (QED) is 0.384. The van der Waals surface area contributed by atoms with Gasteiger partial charge in [0.05, 0.1) is 13.2 Å². The molecule has 1 fully saturated rings. The van der Waals surface area contributed by atoms with Gasteiger partial charge in [0.1, 0.15) is 17.9 Å². The molecule has 0 unspecified atom stereocenters. The maximum absolute atomic E-state index is 14.2. The summed E-state index contributed by atoms with van der Waals surface area (Å²) in [6.07, 6.45) is -0.795. The van der Waals surface area contributed by atoms with Gasteiger partial charge in [-0.3, -0.25) is 14.4 Å². The third-order valence-corrected chi connectivity index (χ3v) is 6.87. The van der Waals surface area contributed by atoms with Gasteiger partial charge in [-0.25, -0.2) is 18.0 Å². The van der Waals surface area contributed by atoms with E-state index in [4.69, 9.17) is 9.47 Å². The van der Waals surface area contributed by atoms with Crippen molar-refractivity contribution in [2.45, 2.75) is 63.4 Å². The fourth-order valence-corrected chi connectivity index (χ4v) is 4.54. The van der Waals surface area contributed by atoms with E-state index in [-0.39, 0.29) is 42.8 Å². The Labute approximate surface area is 230 Å². The molecule has 9 nitrogen and oxygen atoms in total. The van der Waals surface area contributed by atoms with Crippen LogP contribution in [0.5, 0.6) is 0 Å². The number of esters is 1. The van der Waals surface area contributed by atoms with Crippen LogP contribution in [0, 0.1) is 17.5 Å². The van der Waals surface area contributed by atoms with E-state index in [1.54, 1.807) is 6.07 Å². The monoisotopic (exact) mass is 563 g/mol. The van der Waals surface area contributed by atoms with Crippen LogP contribution in [0.2, 0.25) is 0 Å². The van der Waals surface area contributed by atoms with Gasteiger partial charge < -0.3 is 25.0 Å². The Kier molecular flexibility index (Phi) is 10.7. The molecule has 2 aromatic carbocycles. The van der Waals surface area contributed by atoms with Crippen LogP contribution >= 0.6 is 0 Å². The molecule has 0 radical (unpaired) electrons. The highest BCUT2D eigenvalue weighted by atomic mass is 19.2. The van der Waals surface area contributed by atoms with Gasteiger partial charge in [0.2, 0.25) is 17.7 Å². The van der Waals surface area contributed by atoms with Crippen molar-refractivity contribution in [1.82, 2.24) is 15.5 Å². The summed E-state index contributed by atoms with van der Waals surface area (Å²) in [4.78, 5) is 52.4. The molecule has 0 aromatic heterocycles. The molecule has 0 bridgehead atoms. The highest BCUT2D eigenvalue weighted by Crippen LogP contribution is 2.25. The molecule has 2 N–H and O–H groups in total. The second-order valence-electron chi connectivity index (χ2n) is 9.50.